The zero-order valence-corrected chi connectivity index (χ0v) is 12.7. The van der Waals surface area contributed by atoms with Crippen molar-refractivity contribution in [2.75, 3.05) is 13.7 Å². The van der Waals surface area contributed by atoms with E-state index in [0.717, 1.165) is 37.8 Å². The number of methoxy groups -OCH3 is 1. The fourth-order valence-corrected chi connectivity index (χ4v) is 3.56. The van der Waals surface area contributed by atoms with Gasteiger partial charge in [0.25, 0.3) is 5.91 Å². The lowest BCUT2D eigenvalue weighted by Gasteiger charge is -2.30. The number of aromatic hydroxyl groups is 1. The van der Waals surface area contributed by atoms with Crippen molar-refractivity contribution in [2.24, 2.45) is 11.8 Å². The average Bonchev–Trinajstić information content (AvgIpc) is 2.83. The minimum Gasteiger partial charge on any atom is -0.508 e. The zero-order chi connectivity index (χ0) is 15.7. The number of carbonyl (C=O) groups is 2. The number of benzene rings is 1. The molecule has 1 heterocycles. The van der Waals surface area contributed by atoms with Gasteiger partial charge in [0.15, 0.2) is 0 Å². The van der Waals surface area contributed by atoms with Gasteiger partial charge in [0.05, 0.1) is 13.0 Å². The maximum Gasteiger partial charge on any atom is 0.308 e. The summed E-state index contributed by atoms with van der Waals surface area (Å²) in [6, 6.07) is 4.99. The molecule has 1 amide bonds. The van der Waals surface area contributed by atoms with Crippen molar-refractivity contribution in [1.82, 2.24) is 4.90 Å². The van der Waals surface area contributed by atoms with E-state index in [-0.39, 0.29) is 23.5 Å². The molecule has 0 bridgehead atoms. The van der Waals surface area contributed by atoms with E-state index in [0.29, 0.717) is 18.0 Å². The first-order valence-corrected chi connectivity index (χ1v) is 7.77. The van der Waals surface area contributed by atoms with E-state index in [9.17, 15) is 14.7 Å². The van der Waals surface area contributed by atoms with Gasteiger partial charge in [0.2, 0.25) is 0 Å². The molecule has 1 aliphatic carbocycles. The molecule has 1 fully saturated rings. The molecule has 1 aromatic rings. The molecule has 5 heteroatoms. The van der Waals surface area contributed by atoms with Gasteiger partial charge >= 0.3 is 5.97 Å². The van der Waals surface area contributed by atoms with Crippen LogP contribution in [0.2, 0.25) is 0 Å². The first-order valence-electron chi connectivity index (χ1n) is 7.77. The van der Waals surface area contributed by atoms with Gasteiger partial charge in [-0.3, -0.25) is 9.59 Å². The highest BCUT2D eigenvalue weighted by Crippen LogP contribution is 2.33. The Bertz CT molecular complexity index is 590. The lowest BCUT2D eigenvalue weighted by Crippen LogP contribution is -2.33. The predicted molar refractivity (Wildman–Crippen MR) is 80.3 cm³/mol. The average molecular weight is 303 g/mol. The minimum atomic E-state index is -0.112. The largest absolute Gasteiger partial charge is 0.508 e. The van der Waals surface area contributed by atoms with Gasteiger partial charge in [-0.2, -0.15) is 0 Å². The SMILES string of the molecule is COC(=O)C1CCC(CN2Cc3ccc(O)cc3C2=O)CC1. The summed E-state index contributed by atoms with van der Waals surface area (Å²) in [6.07, 6.45) is 3.58. The molecular formula is C17H21NO4. The molecule has 22 heavy (non-hydrogen) atoms. The van der Waals surface area contributed by atoms with Gasteiger partial charge in [0.1, 0.15) is 5.75 Å². The van der Waals surface area contributed by atoms with Crippen LogP contribution in [0, 0.1) is 11.8 Å². The number of phenols is 1. The monoisotopic (exact) mass is 303 g/mol. The van der Waals surface area contributed by atoms with Crippen molar-refractivity contribution in [3.63, 3.8) is 0 Å². The van der Waals surface area contributed by atoms with Crippen molar-refractivity contribution in [3.8, 4) is 5.75 Å². The highest BCUT2D eigenvalue weighted by atomic mass is 16.5. The number of hydrogen-bond acceptors (Lipinski definition) is 4. The summed E-state index contributed by atoms with van der Waals surface area (Å²) in [7, 11) is 1.43. The molecule has 3 rings (SSSR count). The Morgan fingerprint density at radius 3 is 2.73 bits per heavy atom. The lowest BCUT2D eigenvalue weighted by atomic mass is 9.82. The third-order valence-corrected chi connectivity index (χ3v) is 4.83. The Balaban J connectivity index is 1.58. The zero-order valence-electron chi connectivity index (χ0n) is 12.7. The number of hydrogen-bond donors (Lipinski definition) is 1. The van der Waals surface area contributed by atoms with Crippen molar-refractivity contribution >= 4 is 11.9 Å². The third-order valence-electron chi connectivity index (χ3n) is 4.83. The Kier molecular flexibility index (Phi) is 4.05. The lowest BCUT2D eigenvalue weighted by molar-refractivity contribution is -0.146. The Morgan fingerprint density at radius 2 is 2.05 bits per heavy atom. The quantitative estimate of drug-likeness (QED) is 0.870. The maximum atomic E-state index is 12.4. The second-order valence-corrected chi connectivity index (χ2v) is 6.27. The molecule has 1 aromatic carbocycles. The summed E-state index contributed by atoms with van der Waals surface area (Å²) in [5, 5.41) is 9.51. The van der Waals surface area contributed by atoms with E-state index in [1.165, 1.54) is 7.11 Å². The molecule has 0 radical (unpaired) electrons. The molecule has 118 valence electrons. The van der Waals surface area contributed by atoms with Crippen LogP contribution in [0.1, 0.15) is 41.6 Å². The highest BCUT2D eigenvalue weighted by molar-refractivity contribution is 5.98. The molecule has 0 spiro atoms. The summed E-state index contributed by atoms with van der Waals surface area (Å²) in [4.78, 5) is 25.8. The fourth-order valence-electron chi connectivity index (χ4n) is 3.56. The topological polar surface area (TPSA) is 66.8 Å². The smallest absolute Gasteiger partial charge is 0.308 e. The number of nitrogens with zero attached hydrogens (tertiary/aromatic N) is 1. The number of rotatable bonds is 3. The molecule has 0 unspecified atom stereocenters. The molecular weight excluding hydrogens is 282 g/mol. The van der Waals surface area contributed by atoms with Gasteiger partial charge < -0.3 is 14.7 Å². The summed E-state index contributed by atoms with van der Waals surface area (Å²) >= 11 is 0. The van der Waals surface area contributed by atoms with Gasteiger partial charge in [-0.15, -0.1) is 0 Å². The molecule has 0 saturated heterocycles. The summed E-state index contributed by atoms with van der Waals surface area (Å²) < 4.78 is 4.80. The second-order valence-electron chi connectivity index (χ2n) is 6.27. The summed E-state index contributed by atoms with van der Waals surface area (Å²) in [5.41, 5.74) is 1.59. The summed E-state index contributed by atoms with van der Waals surface area (Å²) in [5.74, 6) is 0.476. The van der Waals surface area contributed by atoms with Crippen LogP contribution in [0.3, 0.4) is 0 Å². The van der Waals surface area contributed by atoms with Gasteiger partial charge in [-0.05, 0) is 49.3 Å². The first-order chi connectivity index (χ1) is 10.6. The van der Waals surface area contributed by atoms with Gasteiger partial charge in [-0.1, -0.05) is 6.07 Å². The standard InChI is InChI=1S/C17H21NO4/c1-22-17(21)12-4-2-11(3-5-12)9-18-10-13-6-7-14(19)8-15(13)16(18)20/h6-8,11-12,19H,2-5,9-10H2,1H3. The van der Waals surface area contributed by atoms with E-state index in [1.54, 1.807) is 12.1 Å². The number of carbonyl (C=O) groups excluding carboxylic acids is 2. The van der Waals surface area contributed by atoms with Crippen LogP contribution in [0.15, 0.2) is 18.2 Å². The molecule has 1 N–H and O–H groups in total. The highest BCUT2D eigenvalue weighted by Gasteiger charge is 2.32. The molecule has 5 nitrogen and oxygen atoms in total. The van der Waals surface area contributed by atoms with Crippen LogP contribution >= 0.6 is 0 Å². The number of amides is 1. The van der Waals surface area contributed by atoms with E-state index in [1.807, 2.05) is 11.0 Å². The number of ether oxygens (including phenoxy) is 1. The fraction of sp³-hybridized carbons (Fsp3) is 0.529. The molecule has 1 saturated carbocycles. The summed E-state index contributed by atoms with van der Waals surface area (Å²) in [6.45, 7) is 1.34. The Hall–Kier alpha value is -2.04. The maximum absolute atomic E-state index is 12.4. The van der Waals surface area contributed by atoms with Crippen LogP contribution in [0.5, 0.6) is 5.75 Å². The third kappa shape index (κ3) is 2.80. The van der Waals surface area contributed by atoms with Crippen LogP contribution in [0.4, 0.5) is 0 Å². The van der Waals surface area contributed by atoms with E-state index in [4.69, 9.17) is 4.74 Å². The van der Waals surface area contributed by atoms with Crippen molar-refractivity contribution in [2.45, 2.75) is 32.2 Å². The van der Waals surface area contributed by atoms with Crippen molar-refractivity contribution < 1.29 is 19.4 Å². The van der Waals surface area contributed by atoms with Gasteiger partial charge in [-0.25, -0.2) is 0 Å². The van der Waals surface area contributed by atoms with Crippen LogP contribution < -0.4 is 0 Å². The molecule has 2 aliphatic rings. The van der Waals surface area contributed by atoms with E-state index >= 15 is 0 Å². The predicted octanol–water partition coefficient (Wildman–Crippen LogP) is 2.33. The minimum absolute atomic E-state index is 0.000918. The normalized spacial score (nSPS) is 24.2. The molecule has 0 aromatic heterocycles. The number of phenolic OH excluding ortho intramolecular Hbond substituents is 1. The second kappa shape index (κ2) is 5.99. The van der Waals surface area contributed by atoms with Crippen LogP contribution in [-0.4, -0.2) is 35.5 Å². The first kappa shape index (κ1) is 14.9. The molecule has 0 atom stereocenters. The Morgan fingerprint density at radius 1 is 1.32 bits per heavy atom. The Labute approximate surface area is 129 Å². The number of fused-ring (bicyclic) bond motifs is 1. The van der Waals surface area contributed by atoms with E-state index in [2.05, 4.69) is 0 Å². The van der Waals surface area contributed by atoms with Crippen LogP contribution in [-0.2, 0) is 16.1 Å². The number of esters is 1. The van der Waals surface area contributed by atoms with Crippen LogP contribution in [0.25, 0.3) is 0 Å². The van der Waals surface area contributed by atoms with Crippen molar-refractivity contribution in [1.29, 1.82) is 0 Å². The van der Waals surface area contributed by atoms with Crippen molar-refractivity contribution in [3.05, 3.63) is 29.3 Å². The van der Waals surface area contributed by atoms with E-state index < -0.39 is 0 Å². The molecule has 1 aliphatic heterocycles. The van der Waals surface area contributed by atoms with Gasteiger partial charge in [0, 0.05) is 18.7 Å².